The molecule has 0 heterocycles. The predicted molar refractivity (Wildman–Crippen MR) is 34.6 cm³/mol. The molecule has 53 valence electrons. The average molecular weight is 130 g/mol. The molecule has 0 unspecified atom stereocenters. The van der Waals surface area contributed by atoms with E-state index in [1.807, 2.05) is 0 Å². The van der Waals surface area contributed by atoms with Crippen LogP contribution in [0.2, 0.25) is 0 Å². The Bertz CT molecular complexity index is 104. The third-order valence-corrected chi connectivity index (χ3v) is 0.759. The van der Waals surface area contributed by atoms with E-state index in [4.69, 9.17) is 5.73 Å². The number of carbonyl (C=O) groups excluding carboxylic acids is 1. The van der Waals surface area contributed by atoms with Crippen LogP contribution in [0.1, 0.15) is 13.8 Å². The molecule has 0 saturated heterocycles. The zero-order chi connectivity index (χ0) is 7.49. The molecule has 0 aliphatic heterocycles. The van der Waals surface area contributed by atoms with E-state index < -0.39 is 11.5 Å². The number of carbonyl (C=O) groups is 1. The highest BCUT2D eigenvalue weighted by Crippen LogP contribution is 1.98. The van der Waals surface area contributed by atoms with Crippen molar-refractivity contribution in [2.24, 2.45) is 5.73 Å². The number of hydrogen-bond acceptors (Lipinski definition) is 3. The number of rotatable bonds is 2. The van der Waals surface area contributed by atoms with Crippen molar-refractivity contribution in [3.05, 3.63) is 6.92 Å². The molecule has 2 N–H and O–H groups in total. The van der Waals surface area contributed by atoms with Gasteiger partial charge in [-0.15, -0.1) is 0 Å². The molecule has 0 rings (SSSR count). The van der Waals surface area contributed by atoms with Crippen molar-refractivity contribution in [3.8, 4) is 0 Å². The first kappa shape index (κ1) is 8.43. The summed E-state index contributed by atoms with van der Waals surface area (Å²) in [6, 6.07) is 0. The molecule has 0 fully saturated rings. The summed E-state index contributed by atoms with van der Waals surface area (Å²) < 4.78 is 4.53. The standard InChI is InChI=1S/C6H12NO2/c1-4-9-5(8)6(2,3)7/h1,4,7H2,2-3H3. The Balaban J connectivity index is 3.74. The van der Waals surface area contributed by atoms with Crippen LogP contribution in [0.4, 0.5) is 0 Å². The summed E-state index contributed by atoms with van der Waals surface area (Å²) in [6.07, 6.45) is 0. The number of hydrogen-bond donors (Lipinski definition) is 1. The summed E-state index contributed by atoms with van der Waals surface area (Å²) in [6.45, 7) is 6.66. The van der Waals surface area contributed by atoms with E-state index >= 15 is 0 Å². The van der Waals surface area contributed by atoms with Crippen LogP contribution >= 0.6 is 0 Å². The highest BCUT2D eigenvalue weighted by atomic mass is 16.5. The minimum absolute atomic E-state index is 0.138. The Kier molecular flexibility index (Phi) is 2.65. The second kappa shape index (κ2) is 2.82. The predicted octanol–water partition coefficient (Wildman–Crippen LogP) is 0.101. The smallest absolute Gasteiger partial charge is 0.325 e. The number of ether oxygens (including phenoxy) is 1. The molecule has 0 aliphatic rings. The highest BCUT2D eigenvalue weighted by Gasteiger charge is 2.22. The topological polar surface area (TPSA) is 52.3 Å². The molecule has 0 aromatic carbocycles. The quantitative estimate of drug-likeness (QED) is 0.539. The Morgan fingerprint density at radius 1 is 1.78 bits per heavy atom. The first-order chi connectivity index (χ1) is 3.98. The van der Waals surface area contributed by atoms with Crippen LogP contribution < -0.4 is 5.73 Å². The van der Waals surface area contributed by atoms with Crippen molar-refractivity contribution >= 4 is 5.97 Å². The van der Waals surface area contributed by atoms with E-state index in [0.717, 1.165) is 0 Å². The zero-order valence-electron chi connectivity index (χ0n) is 5.81. The van der Waals surface area contributed by atoms with Crippen molar-refractivity contribution in [1.29, 1.82) is 0 Å². The van der Waals surface area contributed by atoms with Crippen LogP contribution in [0.25, 0.3) is 0 Å². The maximum atomic E-state index is 10.7. The van der Waals surface area contributed by atoms with Gasteiger partial charge in [0, 0.05) is 0 Å². The summed E-state index contributed by atoms with van der Waals surface area (Å²) in [7, 11) is 0. The number of nitrogens with two attached hydrogens (primary N) is 1. The maximum absolute atomic E-state index is 10.7. The van der Waals surface area contributed by atoms with Gasteiger partial charge in [0.15, 0.2) is 0 Å². The second-order valence-electron chi connectivity index (χ2n) is 2.36. The lowest BCUT2D eigenvalue weighted by atomic mass is 10.1. The molecule has 1 radical (unpaired) electrons. The fourth-order valence-corrected chi connectivity index (χ4v) is 0.279. The monoisotopic (exact) mass is 130 g/mol. The van der Waals surface area contributed by atoms with Crippen molar-refractivity contribution in [2.45, 2.75) is 19.4 Å². The van der Waals surface area contributed by atoms with Crippen LogP contribution in [0, 0.1) is 6.92 Å². The van der Waals surface area contributed by atoms with Crippen LogP contribution in [0.15, 0.2) is 0 Å². The molecule has 9 heavy (non-hydrogen) atoms. The lowest BCUT2D eigenvalue weighted by molar-refractivity contribution is -0.147. The van der Waals surface area contributed by atoms with E-state index in [0.29, 0.717) is 0 Å². The summed E-state index contributed by atoms with van der Waals surface area (Å²) in [5.41, 5.74) is 4.47. The average Bonchev–Trinajstić information content (AvgIpc) is 1.64. The van der Waals surface area contributed by atoms with E-state index in [-0.39, 0.29) is 6.61 Å². The van der Waals surface area contributed by atoms with Gasteiger partial charge < -0.3 is 10.5 Å². The fourth-order valence-electron chi connectivity index (χ4n) is 0.279. The van der Waals surface area contributed by atoms with Crippen LogP contribution in [0.3, 0.4) is 0 Å². The molecule has 0 aromatic heterocycles. The minimum atomic E-state index is -0.891. The molecule has 0 bridgehead atoms. The Morgan fingerprint density at radius 3 is 2.33 bits per heavy atom. The second-order valence-corrected chi connectivity index (χ2v) is 2.36. The van der Waals surface area contributed by atoms with E-state index in [1.54, 1.807) is 13.8 Å². The van der Waals surface area contributed by atoms with Crippen molar-refractivity contribution in [2.75, 3.05) is 6.61 Å². The molecular weight excluding hydrogens is 118 g/mol. The molecule has 0 spiro atoms. The molecule has 0 atom stereocenters. The van der Waals surface area contributed by atoms with Crippen LogP contribution in [0.5, 0.6) is 0 Å². The van der Waals surface area contributed by atoms with E-state index in [2.05, 4.69) is 11.7 Å². The first-order valence-corrected chi connectivity index (χ1v) is 2.74. The number of esters is 1. The molecule has 3 nitrogen and oxygen atoms in total. The molecule has 0 aliphatic carbocycles. The fraction of sp³-hybridized carbons (Fsp3) is 0.667. The van der Waals surface area contributed by atoms with Gasteiger partial charge in [0.1, 0.15) is 5.54 Å². The molecule has 3 heteroatoms. The van der Waals surface area contributed by atoms with Gasteiger partial charge in [-0.2, -0.15) is 0 Å². The van der Waals surface area contributed by atoms with Gasteiger partial charge in [0.2, 0.25) is 0 Å². The van der Waals surface area contributed by atoms with E-state index in [1.165, 1.54) is 0 Å². The Labute approximate surface area is 55.2 Å². The lowest BCUT2D eigenvalue weighted by Gasteiger charge is -2.15. The Hall–Kier alpha value is -0.570. The third kappa shape index (κ3) is 3.08. The van der Waals surface area contributed by atoms with Gasteiger partial charge in [-0.3, -0.25) is 4.79 Å². The molecular formula is C6H12NO2. The molecule has 0 saturated carbocycles. The van der Waals surface area contributed by atoms with Crippen molar-refractivity contribution in [1.82, 2.24) is 0 Å². The van der Waals surface area contributed by atoms with Crippen molar-refractivity contribution in [3.63, 3.8) is 0 Å². The van der Waals surface area contributed by atoms with Gasteiger partial charge in [0.05, 0.1) is 6.61 Å². The van der Waals surface area contributed by atoms with Crippen LogP contribution in [-0.2, 0) is 9.53 Å². The molecule has 0 amide bonds. The first-order valence-electron chi connectivity index (χ1n) is 2.74. The Morgan fingerprint density at radius 2 is 2.22 bits per heavy atom. The largest absolute Gasteiger partial charge is 0.464 e. The van der Waals surface area contributed by atoms with Gasteiger partial charge in [0.25, 0.3) is 0 Å². The van der Waals surface area contributed by atoms with Gasteiger partial charge in [-0.05, 0) is 20.8 Å². The van der Waals surface area contributed by atoms with Gasteiger partial charge in [-0.1, -0.05) is 0 Å². The van der Waals surface area contributed by atoms with Crippen LogP contribution in [-0.4, -0.2) is 18.1 Å². The minimum Gasteiger partial charge on any atom is -0.464 e. The maximum Gasteiger partial charge on any atom is 0.325 e. The highest BCUT2D eigenvalue weighted by molar-refractivity contribution is 5.79. The third-order valence-electron chi connectivity index (χ3n) is 0.759. The van der Waals surface area contributed by atoms with Gasteiger partial charge in [-0.25, -0.2) is 0 Å². The van der Waals surface area contributed by atoms with Gasteiger partial charge >= 0.3 is 5.97 Å². The van der Waals surface area contributed by atoms with E-state index in [9.17, 15) is 4.79 Å². The summed E-state index contributed by atoms with van der Waals surface area (Å²) in [5, 5.41) is 0. The SMILES string of the molecule is [CH2]COC(=O)C(C)(C)N. The summed E-state index contributed by atoms with van der Waals surface area (Å²) >= 11 is 0. The normalized spacial score (nSPS) is 11.1. The zero-order valence-corrected chi connectivity index (χ0v) is 5.81. The molecule has 0 aromatic rings. The lowest BCUT2D eigenvalue weighted by Crippen LogP contribution is -2.42. The van der Waals surface area contributed by atoms with Crippen molar-refractivity contribution < 1.29 is 9.53 Å². The summed E-state index contributed by atoms with van der Waals surface area (Å²) in [4.78, 5) is 10.7. The summed E-state index contributed by atoms with van der Waals surface area (Å²) in [5.74, 6) is -0.419.